The zero-order valence-corrected chi connectivity index (χ0v) is 61.7. The molecule has 8 aromatic heterocycles. The van der Waals surface area contributed by atoms with Crippen LogP contribution in [0.25, 0.3) is 52.0 Å². The van der Waals surface area contributed by atoms with E-state index in [1.807, 2.05) is 60.9 Å². The number of furan rings is 1. The van der Waals surface area contributed by atoms with Crippen LogP contribution in [0.15, 0.2) is 164 Å². The number of pyridine rings is 3. The fourth-order valence-electron chi connectivity index (χ4n) is 14.3. The lowest BCUT2D eigenvalue weighted by Gasteiger charge is -2.29. The fourth-order valence-corrected chi connectivity index (χ4v) is 17.4. The summed E-state index contributed by atoms with van der Waals surface area (Å²) in [6.45, 7) is 2.60. The summed E-state index contributed by atoms with van der Waals surface area (Å²) in [6, 6.07) is 31.2. The summed E-state index contributed by atoms with van der Waals surface area (Å²) in [7, 11) is 0. The summed E-state index contributed by atoms with van der Waals surface area (Å²) in [4.78, 5) is 113. The lowest BCUT2D eigenvalue weighted by molar-refractivity contribution is -0.120. The second kappa shape index (κ2) is 35.8. The van der Waals surface area contributed by atoms with Gasteiger partial charge in [-0.3, -0.25) is 43.7 Å². The molecule has 106 heavy (non-hydrogen) atoms. The molecule has 16 rings (SSSR count). The van der Waals surface area contributed by atoms with Crippen LogP contribution in [-0.4, -0.2) is 102 Å². The molecular formula is C81H80N12O9S4. The van der Waals surface area contributed by atoms with Gasteiger partial charge in [0.15, 0.2) is 28.8 Å². The summed E-state index contributed by atoms with van der Waals surface area (Å²) >= 11 is 4.73. The van der Waals surface area contributed by atoms with Gasteiger partial charge in [-0.15, -0.1) is 0 Å². The Bertz CT molecular complexity index is 4550. The average Bonchev–Trinajstić information content (AvgIpc) is 1.52. The van der Waals surface area contributed by atoms with Gasteiger partial charge in [0.1, 0.15) is 17.5 Å². The highest BCUT2D eigenvalue weighted by Gasteiger charge is 2.31. The van der Waals surface area contributed by atoms with Crippen LogP contribution in [0.4, 0.5) is 0 Å². The highest BCUT2D eigenvalue weighted by Crippen LogP contribution is 2.38. The molecule has 3 aliphatic carbocycles. The number of hydrogen-bond donors (Lipinski definition) is 3. The van der Waals surface area contributed by atoms with Crippen molar-refractivity contribution in [1.29, 1.82) is 0 Å². The minimum absolute atomic E-state index is 0.0121. The highest BCUT2D eigenvalue weighted by molar-refractivity contribution is 8.19. The Balaban J connectivity index is 0.000000134. The van der Waals surface area contributed by atoms with Crippen LogP contribution in [0, 0.1) is 17.8 Å². The molecule has 4 aliphatic heterocycles. The Morgan fingerprint density at radius 1 is 0.434 bits per heavy atom. The van der Waals surface area contributed by atoms with Crippen LogP contribution in [0.1, 0.15) is 148 Å². The summed E-state index contributed by atoms with van der Waals surface area (Å²) in [6.07, 6.45) is 33.3. The van der Waals surface area contributed by atoms with Gasteiger partial charge in [-0.05, 0) is 238 Å². The molecule has 6 fully saturated rings. The maximum Gasteiger partial charge on any atom is 0.231 e. The fraction of sp³-hybridized carbons (Fsp3) is 0.346. The quantitative estimate of drug-likeness (QED) is 0.0445. The maximum absolute atomic E-state index is 11.9. The number of Topliss-reactive ketones (excluding diaryl/α,β-unsaturated/α-hetero) is 3. The van der Waals surface area contributed by atoms with Crippen molar-refractivity contribution in [3.8, 4) is 45.3 Å². The first kappa shape index (κ1) is 73.6. The SMILES string of the molecule is O=C1CC(=O)/C(=C/c2ccnc(CC3CCC(NCc4cccc(-c5ccc6c(c5)OCO6)n4)CC3)n2)S1.O=C1CC(=O)/C(=C/c2ccnc(CC3CCC(NCc4cccnc4-c4ccoc4)CC3)n2)S1.O=C1CC(=O)/C(=C/c2ccnc(CC3CCC(NCc4cccnc4-c4ccsc4)CC3)n2)S1. The number of aromatic nitrogens is 9. The Morgan fingerprint density at radius 2 is 0.906 bits per heavy atom. The number of allylic oxidation sites excluding steroid dienone is 3. The maximum atomic E-state index is 11.9. The van der Waals surface area contributed by atoms with Crippen LogP contribution < -0.4 is 25.4 Å². The number of hydrogen-bond acceptors (Lipinski definition) is 25. The van der Waals surface area contributed by atoms with Crippen LogP contribution in [0.3, 0.4) is 0 Å². The van der Waals surface area contributed by atoms with Gasteiger partial charge in [0.2, 0.25) is 22.1 Å². The number of ketones is 3. The van der Waals surface area contributed by atoms with E-state index in [1.54, 1.807) is 78.9 Å². The monoisotopic (exact) mass is 1490 g/mol. The standard InChI is InChI=1S/C29H28N4O4S.C26H26N4O3S.C26H26N4O2S2/c34-24-15-29(35)38-27(24)14-21-10-11-30-28(33-21)12-18-4-7-20(8-5-18)31-16-22-2-1-3-23(32-22)19-6-9-25-26(13-19)37-17-36-25;2*31-22-14-25(32)34-23(22)13-21-7-10-27-24(30-21)12-17-3-5-20(6-4-17)29-15-18-2-1-9-28-26(18)19-8-11-33-16-19/h1-3,6,9-11,13-14,18,20,31H,4-5,7-8,12,15-17H2;2*1-2,7-11,13,16-17,20,29H,3-6,12,14-15H2/b27-14-;2*23-13-. The smallest absolute Gasteiger partial charge is 0.231 e. The van der Waals surface area contributed by atoms with Crippen molar-refractivity contribution >= 4 is 97.5 Å². The van der Waals surface area contributed by atoms with Crippen LogP contribution in [0.2, 0.25) is 0 Å². The number of benzene rings is 1. The van der Waals surface area contributed by atoms with Crippen LogP contribution >= 0.6 is 46.6 Å². The highest BCUT2D eigenvalue weighted by atomic mass is 32.2. The number of carbonyl (C=O) groups is 6. The third-order valence-corrected chi connectivity index (χ3v) is 23.5. The minimum atomic E-state index is -0.124. The summed E-state index contributed by atoms with van der Waals surface area (Å²) in [5.41, 5.74) is 11.7. The van der Waals surface area contributed by atoms with Gasteiger partial charge in [-0.25, -0.2) is 29.9 Å². The van der Waals surface area contributed by atoms with E-state index in [0.717, 1.165) is 214 Å². The molecule has 7 aliphatic rings. The van der Waals surface area contributed by atoms with Crippen molar-refractivity contribution in [3.63, 3.8) is 0 Å². The van der Waals surface area contributed by atoms with E-state index in [4.69, 9.17) is 18.9 Å². The zero-order valence-electron chi connectivity index (χ0n) is 58.4. The van der Waals surface area contributed by atoms with Gasteiger partial charge in [-0.2, -0.15) is 11.3 Å². The number of thioether (sulfide) groups is 3. The third-order valence-electron chi connectivity index (χ3n) is 20.0. The molecule has 1 aromatic carbocycles. The normalized spacial score (nSPS) is 21.9. The predicted octanol–water partition coefficient (Wildman–Crippen LogP) is 14.4. The number of ether oxygens (including phenoxy) is 2. The average molecular weight is 1490 g/mol. The third kappa shape index (κ3) is 20.2. The molecule has 0 spiro atoms. The number of rotatable bonds is 21. The lowest BCUT2D eigenvalue weighted by atomic mass is 9.84. The first-order chi connectivity index (χ1) is 51.9. The van der Waals surface area contributed by atoms with Crippen LogP contribution in [-0.2, 0) is 67.7 Å². The summed E-state index contributed by atoms with van der Waals surface area (Å²) in [5.74, 6) is 5.22. The van der Waals surface area contributed by atoms with Crippen molar-refractivity contribution in [2.45, 2.75) is 153 Å². The Morgan fingerprint density at radius 3 is 1.35 bits per heavy atom. The van der Waals surface area contributed by atoms with Gasteiger partial charge >= 0.3 is 0 Å². The number of carbonyl (C=O) groups excluding carboxylic acids is 6. The molecule has 21 nitrogen and oxygen atoms in total. The molecular weight excluding hydrogens is 1410 g/mol. The molecule has 3 saturated heterocycles. The second-order valence-corrected chi connectivity index (χ2v) is 31.6. The molecule has 12 heterocycles. The van der Waals surface area contributed by atoms with Gasteiger partial charge < -0.3 is 29.8 Å². The molecule has 25 heteroatoms. The number of nitrogens with zero attached hydrogens (tertiary/aromatic N) is 9. The molecule has 0 bridgehead atoms. The predicted molar refractivity (Wildman–Crippen MR) is 411 cm³/mol. The molecule has 542 valence electrons. The van der Waals surface area contributed by atoms with Crippen molar-refractivity contribution in [2.75, 3.05) is 6.79 Å². The Labute approximate surface area is 631 Å². The molecule has 0 radical (unpaired) electrons. The molecule has 0 amide bonds. The summed E-state index contributed by atoms with van der Waals surface area (Å²) in [5, 5.41) is 15.1. The Hall–Kier alpha value is -9.34. The number of thiophene rings is 1. The van der Waals surface area contributed by atoms with Crippen molar-refractivity contribution < 1.29 is 42.7 Å². The largest absolute Gasteiger partial charge is 0.472 e. The first-order valence-electron chi connectivity index (χ1n) is 36.2. The van der Waals surface area contributed by atoms with E-state index in [9.17, 15) is 28.8 Å². The van der Waals surface area contributed by atoms with Gasteiger partial charge in [0.25, 0.3) is 0 Å². The van der Waals surface area contributed by atoms with Crippen molar-refractivity contribution in [3.05, 3.63) is 211 Å². The topological polar surface area (TPSA) is 286 Å². The molecule has 0 unspecified atom stereocenters. The molecule has 3 saturated carbocycles. The molecule has 3 N–H and O–H groups in total. The van der Waals surface area contributed by atoms with Crippen molar-refractivity contribution in [2.24, 2.45) is 17.8 Å². The second-order valence-electron chi connectivity index (χ2n) is 27.5. The number of nitrogens with one attached hydrogen (secondary N) is 3. The number of fused-ring (bicyclic) bond motifs is 1. The minimum Gasteiger partial charge on any atom is -0.472 e. The van der Waals surface area contributed by atoms with E-state index in [2.05, 4.69) is 90.8 Å². The van der Waals surface area contributed by atoms with E-state index in [0.29, 0.717) is 67.7 Å². The van der Waals surface area contributed by atoms with Crippen molar-refractivity contribution in [1.82, 2.24) is 60.8 Å². The van der Waals surface area contributed by atoms with Gasteiger partial charge in [0, 0.05) is 110 Å². The van der Waals surface area contributed by atoms with E-state index < -0.39 is 0 Å². The van der Waals surface area contributed by atoms with E-state index in [-0.39, 0.29) is 58.8 Å². The van der Waals surface area contributed by atoms with E-state index >= 15 is 0 Å². The lowest BCUT2D eigenvalue weighted by Crippen LogP contribution is -2.33. The van der Waals surface area contributed by atoms with E-state index in [1.165, 1.54) is 16.7 Å². The van der Waals surface area contributed by atoms with Gasteiger partial charge in [0.05, 0.1) is 86.4 Å². The zero-order chi connectivity index (χ0) is 72.6. The molecule has 0 atom stereocenters. The van der Waals surface area contributed by atoms with Crippen LogP contribution in [0.5, 0.6) is 11.5 Å². The van der Waals surface area contributed by atoms with Gasteiger partial charge in [-0.1, -0.05) is 18.2 Å². The Kier molecular flexibility index (Phi) is 24.9. The summed E-state index contributed by atoms with van der Waals surface area (Å²) < 4.78 is 16.1. The first-order valence-corrected chi connectivity index (χ1v) is 39.6. The molecule has 9 aromatic rings.